The smallest absolute Gasteiger partial charge is 0.125 e. The Labute approximate surface area is 154 Å². The van der Waals surface area contributed by atoms with Gasteiger partial charge in [0.25, 0.3) is 0 Å². The van der Waals surface area contributed by atoms with Crippen molar-refractivity contribution in [3.8, 4) is 11.5 Å². The van der Waals surface area contributed by atoms with Gasteiger partial charge in [-0.25, -0.2) is 0 Å². The number of aromatic hydroxyl groups is 1. The Kier molecular flexibility index (Phi) is 4.67. The minimum Gasteiger partial charge on any atom is -0.507 e. The topological polar surface area (TPSA) is 37.1 Å². The molecule has 0 atom stereocenters. The van der Waals surface area contributed by atoms with Crippen LogP contribution in [0.4, 0.5) is 5.69 Å². The fourth-order valence-corrected chi connectivity index (χ4v) is 3.81. The first-order valence-corrected chi connectivity index (χ1v) is 9.17. The van der Waals surface area contributed by atoms with Crippen molar-refractivity contribution in [3.05, 3.63) is 66.2 Å². The highest BCUT2D eigenvalue weighted by molar-refractivity contribution is 5.88. The van der Waals surface area contributed by atoms with E-state index in [0.29, 0.717) is 5.75 Å². The number of hydrogen-bond donors (Lipinski definition) is 2. The molecule has 0 saturated carbocycles. The monoisotopic (exact) mass is 349 g/mol. The normalized spacial score (nSPS) is 15.3. The zero-order valence-electron chi connectivity index (χ0n) is 15.1. The van der Waals surface area contributed by atoms with Crippen molar-refractivity contribution < 1.29 is 14.7 Å². The first-order valence-electron chi connectivity index (χ1n) is 9.17. The lowest BCUT2D eigenvalue weighted by Gasteiger charge is -2.34. The second-order valence-corrected chi connectivity index (χ2v) is 6.90. The van der Waals surface area contributed by atoms with Crippen LogP contribution in [0.15, 0.2) is 60.7 Å². The minimum atomic E-state index is 0.378. The molecule has 26 heavy (non-hydrogen) atoms. The number of quaternary nitrogens is 1. The maximum atomic E-state index is 10.5. The van der Waals surface area contributed by atoms with Crippen LogP contribution in [0.5, 0.6) is 11.5 Å². The SMILES string of the molecule is COc1ccc2ccc(O)c(C[NH+]3CCN(c4ccccc4)CC3)c2c1. The van der Waals surface area contributed by atoms with Crippen molar-refractivity contribution in [2.24, 2.45) is 0 Å². The Morgan fingerprint density at radius 2 is 1.73 bits per heavy atom. The summed E-state index contributed by atoms with van der Waals surface area (Å²) in [5.74, 6) is 1.21. The van der Waals surface area contributed by atoms with Crippen molar-refractivity contribution in [1.29, 1.82) is 0 Å². The van der Waals surface area contributed by atoms with Crippen LogP contribution in [0.2, 0.25) is 0 Å². The molecule has 1 fully saturated rings. The second kappa shape index (κ2) is 7.26. The van der Waals surface area contributed by atoms with E-state index in [1.165, 1.54) is 10.6 Å². The van der Waals surface area contributed by atoms with Gasteiger partial charge in [-0.1, -0.05) is 30.3 Å². The van der Waals surface area contributed by atoms with Gasteiger partial charge in [0, 0.05) is 5.69 Å². The van der Waals surface area contributed by atoms with E-state index in [1.807, 2.05) is 24.3 Å². The van der Waals surface area contributed by atoms with Crippen LogP contribution in [0.3, 0.4) is 0 Å². The molecule has 1 saturated heterocycles. The Bertz CT molecular complexity index is 887. The second-order valence-electron chi connectivity index (χ2n) is 6.90. The van der Waals surface area contributed by atoms with E-state index in [4.69, 9.17) is 4.74 Å². The van der Waals surface area contributed by atoms with E-state index < -0.39 is 0 Å². The van der Waals surface area contributed by atoms with Gasteiger partial charge >= 0.3 is 0 Å². The first kappa shape index (κ1) is 16.7. The lowest BCUT2D eigenvalue weighted by molar-refractivity contribution is -0.914. The number of phenolic OH excluding ortho intramolecular Hbond substituents is 1. The Morgan fingerprint density at radius 1 is 1.00 bits per heavy atom. The Hall–Kier alpha value is -2.72. The fraction of sp³-hybridized carbons (Fsp3) is 0.273. The third-order valence-electron chi connectivity index (χ3n) is 5.33. The number of fused-ring (bicyclic) bond motifs is 1. The third-order valence-corrected chi connectivity index (χ3v) is 5.33. The van der Waals surface area contributed by atoms with Gasteiger partial charge in [-0.05, 0) is 41.1 Å². The van der Waals surface area contributed by atoms with Crippen LogP contribution in [0.1, 0.15) is 5.56 Å². The number of rotatable bonds is 4. The molecule has 0 radical (unpaired) electrons. The molecule has 1 aliphatic rings. The summed E-state index contributed by atoms with van der Waals surface area (Å²) in [6, 6.07) is 20.4. The number of anilines is 1. The van der Waals surface area contributed by atoms with Gasteiger partial charge in [0.15, 0.2) is 0 Å². The van der Waals surface area contributed by atoms with Gasteiger partial charge in [-0.2, -0.15) is 0 Å². The molecule has 1 aliphatic heterocycles. The van der Waals surface area contributed by atoms with Crippen LogP contribution in [0.25, 0.3) is 10.8 Å². The van der Waals surface area contributed by atoms with Crippen molar-refractivity contribution in [2.75, 3.05) is 38.2 Å². The maximum absolute atomic E-state index is 10.5. The number of phenols is 1. The summed E-state index contributed by atoms with van der Waals surface area (Å²) >= 11 is 0. The molecule has 4 nitrogen and oxygen atoms in total. The van der Waals surface area contributed by atoms with E-state index in [2.05, 4.69) is 41.3 Å². The quantitative estimate of drug-likeness (QED) is 0.760. The Balaban J connectivity index is 1.52. The zero-order chi connectivity index (χ0) is 17.9. The molecule has 0 unspecified atom stereocenters. The zero-order valence-corrected chi connectivity index (χ0v) is 15.1. The molecule has 4 heteroatoms. The molecule has 3 aromatic rings. The molecule has 134 valence electrons. The predicted molar refractivity (Wildman–Crippen MR) is 105 cm³/mol. The highest BCUT2D eigenvalue weighted by Crippen LogP contribution is 2.29. The molecule has 0 bridgehead atoms. The number of para-hydroxylation sites is 1. The molecule has 2 N–H and O–H groups in total. The van der Waals surface area contributed by atoms with E-state index >= 15 is 0 Å². The standard InChI is InChI=1S/C22H24N2O2/c1-26-19-9-7-17-8-10-22(25)21(20(17)15-19)16-23-11-13-24(14-12-23)18-5-3-2-4-6-18/h2-10,15,25H,11-14,16H2,1H3/p+1. The van der Waals surface area contributed by atoms with Gasteiger partial charge in [0.2, 0.25) is 0 Å². The van der Waals surface area contributed by atoms with E-state index in [9.17, 15) is 5.11 Å². The summed E-state index contributed by atoms with van der Waals surface area (Å²) in [7, 11) is 1.68. The van der Waals surface area contributed by atoms with Gasteiger partial charge in [0.1, 0.15) is 18.0 Å². The molecule has 0 amide bonds. The predicted octanol–water partition coefficient (Wildman–Crippen LogP) is 2.46. The number of nitrogens with one attached hydrogen (secondary N) is 1. The molecule has 0 aliphatic carbocycles. The summed E-state index contributed by atoms with van der Waals surface area (Å²) in [4.78, 5) is 3.94. The molecule has 3 aromatic carbocycles. The van der Waals surface area contributed by atoms with Crippen LogP contribution in [-0.4, -0.2) is 38.4 Å². The van der Waals surface area contributed by atoms with Gasteiger partial charge in [0.05, 0.1) is 38.9 Å². The molecule has 0 spiro atoms. The molecule has 1 heterocycles. The number of piperazine rings is 1. The van der Waals surface area contributed by atoms with Crippen LogP contribution in [-0.2, 0) is 6.54 Å². The first-order chi connectivity index (χ1) is 12.7. The van der Waals surface area contributed by atoms with Gasteiger partial charge in [-0.3, -0.25) is 0 Å². The lowest BCUT2D eigenvalue weighted by Crippen LogP contribution is -3.13. The van der Waals surface area contributed by atoms with Crippen molar-refractivity contribution in [2.45, 2.75) is 6.54 Å². The van der Waals surface area contributed by atoms with Crippen LogP contribution < -0.4 is 14.5 Å². The summed E-state index contributed by atoms with van der Waals surface area (Å²) in [6.07, 6.45) is 0. The number of nitrogens with zero attached hydrogens (tertiary/aromatic N) is 1. The van der Waals surface area contributed by atoms with E-state index in [-0.39, 0.29) is 0 Å². The molecule has 4 rings (SSSR count). The molecular weight excluding hydrogens is 324 g/mol. The number of methoxy groups -OCH3 is 1. The van der Waals surface area contributed by atoms with Crippen LogP contribution >= 0.6 is 0 Å². The number of hydrogen-bond acceptors (Lipinski definition) is 3. The van der Waals surface area contributed by atoms with Crippen LogP contribution in [0, 0.1) is 0 Å². The summed E-state index contributed by atoms with van der Waals surface area (Å²) < 4.78 is 5.38. The largest absolute Gasteiger partial charge is 0.507 e. The number of benzene rings is 3. The summed E-state index contributed by atoms with van der Waals surface area (Å²) in [6.45, 7) is 5.03. The van der Waals surface area contributed by atoms with Crippen molar-refractivity contribution >= 4 is 16.5 Å². The number of ether oxygens (including phenoxy) is 1. The molecular formula is C22H25N2O2+. The summed E-state index contributed by atoms with van der Waals surface area (Å²) in [5.41, 5.74) is 2.31. The highest BCUT2D eigenvalue weighted by atomic mass is 16.5. The average molecular weight is 349 g/mol. The fourth-order valence-electron chi connectivity index (χ4n) is 3.81. The van der Waals surface area contributed by atoms with E-state index in [0.717, 1.165) is 54.8 Å². The van der Waals surface area contributed by atoms with Crippen molar-refractivity contribution in [3.63, 3.8) is 0 Å². The summed E-state index contributed by atoms with van der Waals surface area (Å²) in [5, 5.41) is 12.7. The Morgan fingerprint density at radius 3 is 2.46 bits per heavy atom. The van der Waals surface area contributed by atoms with Crippen molar-refractivity contribution in [1.82, 2.24) is 0 Å². The highest BCUT2D eigenvalue weighted by Gasteiger charge is 2.22. The molecule has 0 aromatic heterocycles. The minimum absolute atomic E-state index is 0.378. The van der Waals surface area contributed by atoms with E-state index in [1.54, 1.807) is 7.11 Å². The average Bonchev–Trinajstić information content (AvgIpc) is 2.71. The van der Waals surface area contributed by atoms with Gasteiger partial charge in [-0.15, -0.1) is 0 Å². The maximum Gasteiger partial charge on any atom is 0.125 e. The third kappa shape index (κ3) is 3.33. The van der Waals surface area contributed by atoms with Gasteiger partial charge < -0.3 is 19.6 Å². The lowest BCUT2D eigenvalue weighted by atomic mass is 10.0.